The van der Waals surface area contributed by atoms with Crippen LogP contribution in [0, 0.1) is 11.6 Å². The lowest BCUT2D eigenvalue weighted by Gasteiger charge is -2.07. The number of amides is 2. The van der Waals surface area contributed by atoms with E-state index in [1.807, 2.05) is 30.3 Å². The molecule has 3 N–H and O–H groups in total. The van der Waals surface area contributed by atoms with Gasteiger partial charge < -0.3 is 5.32 Å². The molecule has 0 fully saturated rings. The Morgan fingerprint density at radius 1 is 1.19 bits per heavy atom. The molecule has 0 bridgehead atoms. The van der Waals surface area contributed by atoms with Crippen LogP contribution in [0.3, 0.4) is 0 Å². The lowest BCUT2D eigenvalue weighted by Crippen LogP contribution is -2.35. The van der Waals surface area contributed by atoms with Crippen molar-refractivity contribution in [2.45, 2.75) is 12.5 Å². The number of carbonyl (C=O) groups is 2. The summed E-state index contributed by atoms with van der Waals surface area (Å²) in [6.07, 6.45) is 1.30. The predicted octanol–water partition coefficient (Wildman–Crippen LogP) is 1.77. The Morgan fingerprint density at radius 2 is 1.96 bits per heavy atom. The Kier molecular flexibility index (Phi) is 5.50. The number of guanidine groups is 1. The third kappa shape index (κ3) is 4.94. The highest BCUT2D eigenvalue weighted by Crippen LogP contribution is 2.14. The van der Waals surface area contributed by atoms with Crippen molar-refractivity contribution in [3.05, 3.63) is 65.7 Å². The molecule has 1 aliphatic heterocycles. The summed E-state index contributed by atoms with van der Waals surface area (Å²) in [6.45, 7) is 0. The maximum Gasteiger partial charge on any atom is 0.252 e. The van der Waals surface area contributed by atoms with Crippen molar-refractivity contribution in [3.8, 4) is 0 Å². The van der Waals surface area contributed by atoms with Crippen LogP contribution in [0.5, 0.6) is 0 Å². The number of hydrogen-bond donors (Lipinski definition) is 3. The predicted molar refractivity (Wildman–Crippen MR) is 96.1 cm³/mol. The van der Waals surface area contributed by atoms with Gasteiger partial charge in [0.25, 0.3) is 5.91 Å². The molecule has 2 aromatic rings. The highest BCUT2D eigenvalue weighted by Gasteiger charge is 2.28. The first-order chi connectivity index (χ1) is 13.0. The topological polar surface area (TPSA) is 94.9 Å². The summed E-state index contributed by atoms with van der Waals surface area (Å²) in [5.41, 5.74) is 3.54. The molecule has 0 aliphatic carbocycles. The number of nitrogens with zero attached hydrogens (tertiary/aromatic N) is 2. The molecule has 7 nitrogen and oxygen atoms in total. The van der Waals surface area contributed by atoms with Gasteiger partial charge in [-0.15, -0.1) is 0 Å². The van der Waals surface area contributed by atoms with Crippen LogP contribution >= 0.6 is 0 Å². The van der Waals surface area contributed by atoms with E-state index < -0.39 is 29.5 Å². The molecule has 1 aliphatic rings. The van der Waals surface area contributed by atoms with Crippen LogP contribution in [0.2, 0.25) is 0 Å². The van der Waals surface area contributed by atoms with E-state index in [9.17, 15) is 18.4 Å². The molecule has 27 heavy (non-hydrogen) atoms. The summed E-state index contributed by atoms with van der Waals surface area (Å²) in [6, 6.07) is 11.3. The molecule has 3 rings (SSSR count). The lowest BCUT2D eigenvalue weighted by molar-refractivity contribution is -0.123. The average molecular weight is 371 g/mol. The van der Waals surface area contributed by atoms with E-state index in [2.05, 4.69) is 26.2 Å². The Morgan fingerprint density at radius 3 is 2.70 bits per heavy atom. The van der Waals surface area contributed by atoms with Gasteiger partial charge in [0.1, 0.15) is 6.04 Å². The Labute approximate surface area is 153 Å². The van der Waals surface area contributed by atoms with E-state index in [1.54, 1.807) is 6.21 Å². The SMILES string of the molecule is O=C(CC1N=C(N/N=C\c2ccccc2)NC1=O)Nc1ccc(F)c(F)c1. The first-order valence-electron chi connectivity index (χ1n) is 7.99. The van der Waals surface area contributed by atoms with Crippen molar-refractivity contribution in [2.24, 2.45) is 10.1 Å². The number of hydrogen-bond acceptors (Lipinski definition) is 5. The van der Waals surface area contributed by atoms with Crippen molar-refractivity contribution < 1.29 is 18.4 Å². The van der Waals surface area contributed by atoms with Gasteiger partial charge in [-0.25, -0.2) is 19.2 Å². The largest absolute Gasteiger partial charge is 0.326 e. The number of hydrazone groups is 1. The second-order valence-corrected chi connectivity index (χ2v) is 5.64. The van der Waals surface area contributed by atoms with E-state index in [4.69, 9.17) is 0 Å². The molecule has 0 spiro atoms. The molecule has 0 saturated heterocycles. The van der Waals surface area contributed by atoms with E-state index in [0.29, 0.717) is 0 Å². The van der Waals surface area contributed by atoms with Crippen molar-refractivity contribution in [3.63, 3.8) is 0 Å². The van der Waals surface area contributed by atoms with Gasteiger partial charge in [-0.2, -0.15) is 5.10 Å². The van der Waals surface area contributed by atoms with Crippen LogP contribution in [-0.2, 0) is 9.59 Å². The molecule has 2 amide bonds. The fourth-order valence-electron chi connectivity index (χ4n) is 2.31. The molecule has 9 heteroatoms. The monoisotopic (exact) mass is 371 g/mol. The van der Waals surface area contributed by atoms with E-state index >= 15 is 0 Å². The van der Waals surface area contributed by atoms with Crippen LogP contribution in [0.4, 0.5) is 14.5 Å². The molecule has 1 heterocycles. The second kappa shape index (κ2) is 8.17. The Bertz CT molecular complexity index is 915. The van der Waals surface area contributed by atoms with Gasteiger partial charge in [-0.3, -0.25) is 14.9 Å². The minimum atomic E-state index is -1.08. The number of benzene rings is 2. The van der Waals surface area contributed by atoms with Gasteiger partial charge in [0.2, 0.25) is 11.9 Å². The molecule has 2 aromatic carbocycles. The number of nitrogens with one attached hydrogen (secondary N) is 3. The Hall–Kier alpha value is -3.62. The van der Waals surface area contributed by atoms with Gasteiger partial charge in [0, 0.05) is 11.8 Å². The second-order valence-electron chi connectivity index (χ2n) is 5.64. The van der Waals surface area contributed by atoms with E-state index in [-0.39, 0.29) is 18.1 Å². The normalized spacial score (nSPS) is 16.1. The fraction of sp³-hybridized carbons (Fsp3) is 0.111. The number of halogens is 2. The maximum atomic E-state index is 13.2. The van der Waals surface area contributed by atoms with Crippen molar-refractivity contribution in [1.82, 2.24) is 10.7 Å². The summed E-state index contributed by atoms with van der Waals surface area (Å²) >= 11 is 0. The van der Waals surface area contributed by atoms with Crippen LogP contribution in [-0.4, -0.2) is 30.0 Å². The molecule has 0 saturated carbocycles. The summed E-state index contributed by atoms with van der Waals surface area (Å²) in [7, 11) is 0. The van der Waals surface area contributed by atoms with Crippen LogP contribution < -0.4 is 16.1 Å². The molecule has 1 unspecified atom stereocenters. The van der Waals surface area contributed by atoms with Gasteiger partial charge >= 0.3 is 0 Å². The zero-order valence-electron chi connectivity index (χ0n) is 13.9. The number of aliphatic imine (C=N–C) groups is 1. The summed E-state index contributed by atoms with van der Waals surface area (Å²) in [5, 5.41) is 8.82. The lowest BCUT2D eigenvalue weighted by atomic mass is 10.2. The third-order valence-corrected chi connectivity index (χ3v) is 3.59. The summed E-state index contributed by atoms with van der Waals surface area (Å²) in [5.74, 6) is -2.99. The molecular weight excluding hydrogens is 356 g/mol. The van der Waals surface area contributed by atoms with Crippen molar-refractivity contribution >= 4 is 29.7 Å². The van der Waals surface area contributed by atoms with Crippen LogP contribution in [0.15, 0.2) is 58.6 Å². The minimum Gasteiger partial charge on any atom is -0.326 e. The highest BCUT2D eigenvalue weighted by atomic mass is 19.2. The zero-order chi connectivity index (χ0) is 19.2. The average Bonchev–Trinajstić information content (AvgIpc) is 2.98. The zero-order valence-corrected chi connectivity index (χ0v) is 13.9. The fourth-order valence-corrected chi connectivity index (χ4v) is 2.31. The number of rotatable bonds is 5. The molecular formula is C18H15F2N5O2. The minimum absolute atomic E-state index is 0.0899. The Balaban J connectivity index is 1.55. The highest BCUT2D eigenvalue weighted by molar-refractivity contribution is 6.07. The van der Waals surface area contributed by atoms with Crippen molar-refractivity contribution in [2.75, 3.05) is 5.32 Å². The number of anilines is 1. The molecule has 0 radical (unpaired) electrons. The third-order valence-electron chi connectivity index (χ3n) is 3.59. The van der Waals surface area contributed by atoms with Gasteiger partial charge in [0.15, 0.2) is 11.6 Å². The summed E-state index contributed by atoms with van der Waals surface area (Å²) in [4.78, 5) is 27.9. The van der Waals surface area contributed by atoms with E-state index in [0.717, 1.165) is 17.7 Å². The first kappa shape index (κ1) is 18.2. The molecule has 138 valence electrons. The van der Waals surface area contributed by atoms with Gasteiger partial charge in [-0.1, -0.05) is 30.3 Å². The smallest absolute Gasteiger partial charge is 0.252 e. The van der Waals surface area contributed by atoms with Gasteiger partial charge in [-0.05, 0) is 17.7 Å². The standard InChI is InChI=1S/C18H15F2N5O2/c19-13-7-6-12(8-14(13)20)22-16(26)9-15-17(27)24-18(23-15)25-21-10-11-4-2-1-3-5-11/h1-8,10,15H,9H2,(H,22,26)(H2,23,24,25,27)/b21-10-. The van der Waals surface area contributed by atoms with Crippen molar-refractivity contribution in [1.29, 1.82) is 0 Å². The molecule has 0 aromatic heterocycles. The van der Waals surface area contributed by atoms with Crippen LogP contribution in [0.1, 0.15) is 12.0 Å². The van der Waals surface area contributed by atoms with E-state index in [1.165, 1.54) is 6.07 Å². The van der Waals surface area contributed by atoms with Crippen LogP contribution in [0.25, 0.3) is 0 Å². The molecule has 1 atom stereocenters. The first-order valence-corrected chi connectivity index (χ1v) is 7.99. The quantitative estimate of drug-likeness (QED) is 0.552. The van der Waals surface area contributed by atoms with Gasteiger partial charge in [0.05, 0.1) is 12.6 Å². The number of carbonyl (C=O) groups excluding carboxylic acids is 2. The summed E-state index contributed by atoms with van der Waals surface area (Å²) < 4.78 is 26.0. The maximum absolute atomic E-state index is 13.2.